The number of likely N-dealkylation sites (tertiary alicyclic amines) is 1. The maximum absolute atomic E-state index is 12.9. The second-order valence-electron chi connectivity index (χ2n) is 8.68. The Labute approximate surface area is 170 Å². The maximum atomic E-state index is 12.9. The van der Waals surface area contributed by atoms with Crippen molar-refractivity contribution in [1.29, 1.82) is 0 Å². The lowest BCUT2D eigenvalue weighted by Gasteiger charge is -2.49. The zero-order valence-corrected chi connectivity index (χ0v) is 16.9. The molecular formula is C22H28N4O3. The van der Waals surface area contributed by atoms with Crippen LogP contribution in [-0.2, 0) is 0 Å². The van der Waals surface area contributed by atoms with Crippen molar-refractivity contribution in [3.05, 3.63) is 29.8 Å². The predicted molar refractivity (Wildman–Crippen MR) is 109 cm³/mol. The highest BCUT2D eigenvalue weighted by Crippen LogP contribution is 2.32. The Morgan fingerprint density at radius 2 is 1.86 bits per heavy atom. The van der Waals surface area contributed by atoms with Crippen LogP contribution in [0.4, 0.5) is 0 Å². The van der Waals surface area contributed by atoms with Crippen molar-refractivity contribution in [3.63, 3.8) is 0 Å². The molecule has 7 heteroatoms. The van der Waals surface area contributed by atoms with Gasteiger partial charge in [-0.05, 0) is 64.1 Å². The number of furan rings is 1. The fourth-order valence-electron chi connectivity index (χ4n) is 5.19. The quantitative estimate of drug-likeness (QED) is 0.863. The number of hydrogen-bond donors (Lipinski definition) is 1. The van der Waals surface area contributed by atoms with E-state index in [1.807, 2.05) is 4.90 Å². The van der Waals surface area contributed by atoms with Crippen LogP contribution in [0, 0.1) is 5.92 Å². The highest BCUT2D eigenvalue weighted by molar-refractivity contribution is 5.98. The average molecular weight is 396 g/mol. The summed E-state index contributed by atoms with van der Waals surface area (Å²) in [5.74, 6) is 0.623. The van der Waals surface area contributed by atoms with Gasteiger partial charge in [0.25, 0.3) is 11.8 Å². The van der Waals surface area contributed by atoms with E-state index in [0.717, 1.165) is 57.2 Å². The Hall–Kier alpha value is -2.41. The van der Waals surface area contributed by atoms with Crippen molar-refractivity contribution >= 4 is 22.8 Å². The Bertz CT molecular complexity index is 923. The summed E-state index contributed by atoms with van der Waals surface area (Å²) in [5, 5.41) is 3.95. The zero-order valence-electron chi connectivity index (χ0n) is 16.9. The minimum atomic E-state index is -0.169. The van der Waals surface area contributed by atoms with Gasteiger partial charge in [0.15, 0.2) is 5.76 Å². The van der Waals surface area contributed by atoms with Crippen molar-refractivity contribution in [2.45, 2.75) is 51.1 Å². The summed E-state index contributed by atoms with van der Waals surface area (Å²) in [6, 6.07) is 3.91. The van der Waals surface area contributed by atoms with Crippen LogP contribution in [0.1, 0.15) is 60.1 Å². The monoisotopic (exact) mass is 396 g/mol. The van der Waals surface area contributed by atoms with E-state index in [9.17, 15) is 9.59 Å². The molecule has 4 saturated heterocycles. The van der Waals surface area contributed by atoms with Gasteiger partial charge in [-0.25, -0.2) is 0 Å². The molecule has 4 aliphatic rings. The number of aromatic nitrogens is 1. The van der Waals surface area contributed by atoms with Crippen molar-refractivity contribution < 1.29 is 14.0 Å². The van der Waals surface area contributed by atoms with Gasteiger partial charge in [-0.1, -0.05) is 0 Å². The van der Waals surface area contributed by atoms with E-state index in [0.29, 0.717) is 29.0 Å². The highest BCUT2D eigenvalue weighted by Gasteiger charge is 2.40. The van der Waals surface area contributed by atoms with Gasteiger partial charge < -0.3 is 14.6 Å². The van der Waals surface area contributed by atoms with Gasteiger partial charge in [-0.15, -0.1) is 0 Å². The summed E-state index contributed by atoms with van der Waals surface area (Å²) in [6.07, 6.45) is 7.15. The van der Waals surface area contributed by atoms with E-state index >= 15 is 0 Å². The number of hydrogen-bond acceptors (Lipinski definition) is 5. The van der Waals surface area contributed by atoms with E-state index in [1.54, 1.807) is 18.3 Å². The Kier molecular flexibility index (Phi) is 4.78. The molecule has 2 amide bonds. The third-order valence-corrected chi connectivity index (χ3v) is 6.96. The number of carbonyl (C=O) groups excluding carboxylic acids is 2. The summed E-state index contributed by atoms with van der Waals surface area (Å²) >= 11 is 0. The Morgan fingerprint density at radius 3 is 2.59 bits per heavy atom. The number of nitrogens with zero attached hydrogens (tertiary/aromatic N) is 3. The summed E-state index contributed by atoms with van der Waals surface area (Å²) < 4.78 is 5.81. The number of carbonyl (C=O) groups is 2. The molecule has 6 heterocycles. The van der Waals surface area contributed by atoms with E-state index in [-0.39, 0.29) is 17.9 Å². The second-order valence-corrected chi connectivity index (χ2v) is 8.68. The second kappa shape index (κ2) is 7.44. The number of piperidine rings is 4. The maximum Gasteiger partial charge on any atom is 0.289 e. The fourth-order valence-corrected chi connectivity index (χ4v) is 5.19. The zero-order chi connectivity index (χ0) is 20.0. The minimum absolute atomic E-state index is 0.0759. The third-order valence-electron chi connectivity index (χ3n) is 6.96. The number of fused-ring (bicyclic) bond motifs is 4. The predicted octanol–water partition coefficient (Wildman–Crippen LogP) is 2.67. The molecule has 0 spiro atoms. The first-order valence-corrected chi connectivity index (χ1v) is 10.8. The molecule has 4 fully saturated rings. The van der Waals surface area contributed by atoms with Crippen LogP contribution < -0.4 is 5.32 Å². The van der Waals surface area contributed by atoms with E-state index in [1.165, 1.54) is 6.42 Å². The summed E-state index contributed by atoms with van der Waals surface area (Å²) in [4.78, 5) is 34.2. The largest absolute Gasteiger partial charge is 0.451 e. The SMILES string of the molecule is CC1C(NC(=O)c2cc3oc(C(=O)N4CCCCC4)cc3cn2)C2CCN1CC2. The first-order valence-electron chi connectivity index (χ1n) is 10.8. The lowest BCUT2D eigenvalue weighted by Crippen LogP contribution is -2.62. The molecule has 1 N–H and O–H groups in total. The number of amides is 2. The van der Waals surface area contributed by atoms with Crippen molar-refractivity contribution in [1.82, 2.24) is 20.1 Å². The highest BCUT2D eigenvalue weighted by atomic mass is 16.3. The summed E-state index contributed by atoms with van der Waals surface area (Å²) in [5.41, 5.74) is 0.875. The molecule has 2 aromatic rings. The molecular weight excluding hydrogens is 368 g/mol. The smallest absolute Gasteiger partial charge is 0.289 e. The van der Waals surface area contributed by atoms with Gasteiger partial charge in [0.2, 0.25) is 0 Å². The molecule has 154 valence electrons. The molecule has 2 bridgehead atoms. The molecule has 2 atom stereocenters. The lowest BCUT2D eigenvalue weighted by molar-refractivity contribution is 0.0216. The molecule has 29 heavy (non-hydrogen) atoms. The minimum Gasteiger partial charge on any atom is -0.451 e. The fraction of sp³-hybridized carbons (Fsp3) is 0.591. The Morgan fingerprint density at radius 1 is 1.10 bits per heavy atom. The van der Waals surface area contributed by atoms with Crippen LogP contribution in [0.15, 0.2) is 22.7 Å². The van der Waals surface area contributed by atoms with E-state index < -0.39 is 0 Å². The molecule has 2 aromatic heterocycles. The van der Waals surface area contributed by atoms with Crippen molar-refractivity contribution in [3.8, 4) is 0 Å². The van der Waals surface area contributed by atoms with Gasteiger partial charge in [0, 0.05) is 42.8 Å². The molecule has 4 aliphatic heterocycles. The van der Waals surface area contributed by atoms with Crippen molar-refractivity contribution in [2.24, 2.45) is 5.92 Å². The van der Waals surface area contributed by atoms with E-state index in [4.69, 9.17) is 4.42 Å². The third kappa shape index (κ3) is 3.41. The molecule has 0 aliphatic carbocycles. The number of rotatable bonds is 3. The average Bonchev–Trinajstić information content (AvgIpc) is 3.20. The first-order chi connectivity index (χ1) is 14.1. The van der Waals surface area contributed by atoms with E-state index in [2.05, 4.69) is 22.1 Å². The standard InChI is InChI=1S/C22H28N4O3/c1-14-20(15-5-9-25(14)10-6-15)24-21(27)17-12-18-16(13-23-17)11-19(29-18)22(28)26-7-3-2-4-8-26/h11-15,20H,2-10H2,1H3,(H,24,27). The van der Waals surface area contributed by atoms with Crippen LogP contribution in [0.3, 0.4) is 0 Å². The lowest BCUT2D eigenvalue weighted by atomic mass is 9.79. The van der Waals surface area contributed by atoms with Crippen molar-refractivity contribution in [2.75, 3.05) is 26.2 Å². The molecule has 0 aromatic carbocycles. The molecule has 7 nitrogen and oxygen atoms in total. The first kappa shape index (κ1) is 18.6. The van der Waals surface area contributed by atoms with Crippen LogP contribution in [0.5, 0.6) is 0 Å². The number of pyridine rings is 1. The van der Waals surface area contributed by atoms with Crippen LogP contribution in [0.2, 0.25) is 0 Å². The summed E-state index contributed by atoms with van der Waals surface area (Å²) in [6.45, 7) is 6.00. The number of nitrogens with one attached hydrogen (secondary N) is 1. The molecule has 0 saturated carbocycles. The van der Waals surface area contributed by atoms with Gasteiger partial charge in [-0.3, -0.25) is 19.5 Å². The van der Waals surface area contributed by atoms with Crippen LogP contribution in [0.25, 0.3) is 11.0 Å². The summed E-state index contributed by atoms with van der Waals surface area (Å²) in [7, 11) is 0. The van der Waals surface area contributed by atoms with Crippen LogP contribution in [-0.4, -0.2) is 64.9 Å². The van der Waals surface area contributed by atoms with Gasteiger partial charge in [0.1, 0.15) is 11.3 Å². The van der Waals surface area contributed by atoms with Gasteiger partial charge >= 0.3 is 0 Å². The molecule has 2 unspecified atom stereocenters. The van der Waals surface area contributed by atoms with Gasteiger partial charge in [0.05, 0.1) is 0 Å². The normalized spacial score (nSPS) is 29.2. The topological polar surface area (TPSA) is 78.7 Å². The van der Waals surface area contributed by atoms with Crippen LogP contribution >= 0.6 is 0 Å². The van der Waals surface area contributed by atoms with Gasteiger partial charge in [-0.2, -0.15) is 0 Å². The molecule has 6 rings (SSSR count). The Balaban J connectivity index is 1.33. The molecule has 0 radical (unpaired) electrons.